The van der Waals surface area contributed by atoms with E-state index in [0.29, 0.717) is 12.0 Å². The molecule has 0 amide bonds. The first-order valence-corrected chi connectivity index (χ1v) is 5.84. The molecule has 4 nitrogen and oxygen atoms in total. The van der Waals surface area contributed by atoms with Crippen molar-refractivity contribution in [2.24, 2.45) is 5.92 Å². The molecular formula is C12H22N4. The lowest BCUT2D eigenvalue weighted by Gasteiger charge is -2.17. The van der Waals surface area contributed by atoms with Gasteiger partial charge < -0.3 is 11.1 Å². The largest absolute Gasteiger partial charge is 0.368 e. The van der Waals surface area contributed by atoms with Crippen molar-refractivity contribution in [1.82, 2.24) is 9.97 Å². The predicted molar refractivity (Wildman–Crippen MR) is 68.3 cm³/mol. The third-order valence-electron chi connectivity index (χ3n) is 2.55. The molecule has 0 saturated heterocycles. The molecule has 90 valence electrons. The van der Waals surface area contributed by atoms with Gasteiger partial charge in [0.2, 0.25) is 5.95 Å². The average Bonchev–Trinajstić information content (AvgIpc) is 2.20. The molecule has 0 spiro atoms. The highest BCUT2D eigenvalue weighted by atomic mass is 15.1. The van der Waals surface area contributed by atoms with Crippen LogP contribution in [0.15, 0.2) is 6.20 Å². The zero-order chi connectivity index (χ0) is 12.1. The Morgan fingerprint density at radius 3 is 2.62 bits per heavy atom. The van der Waals surface area contributed by atoms with Crippen LogP contribution in [0.1, 0.15) is 39.2 Å². The maximum atomic E-state index is 5.56. The SMILES string of the molecule is Cc1cnc(N)nc1NC(C)CCC(C)C. The standard InChI is InChI=1S/C12H22N4/c1-8(2)5-6-10(4)15-11-9(3)7-14-12(13)16-11/h7-8,10H,5-6H2,1-4H3,(H3,13,14,15,16). The Hall–Kier alpha value is -1.32. The molecule has 0 aliphatic carbocycles. The molecule has 1 atom stereocenters. The predicted octanol–water partition coefficient (Wildman–Crippen LogP) is 2.60. The number of rotatable bonds is 5. The lowest BCUT2D eigenvalue weighted by atomic mass is 10.0. The monoisotopic (exact) mass is 222 g/mol. The molecule has 0 aromatic carbocycles. The van der Waals surface area contributed by atoms with Gasteiger partial charge in [-0.05, 0) is 32.6 Å². The van der Waals surface area contributed by atoms with Crippen LogP contribution < -0.4 is 11.1 Å². The third kappa shape index (κ3) is 4.04. The summed E-state index contributed by atoms with van der Waals surface area (Å²) < 4.78 is 0. The van der Waals surface area contributed by atoms with Gasteiger partial charge in [-0.1, -0.05) is 13.8 Å². The summed E-state index contributed by atoms with van der Waals surface area (Å²) in [6, 6.07) is 0.412. The van der Waals surface area contributed by atoms with E-state index in [1.165, 1.54) is 6.42 Å². The van der Waals surface area contributed by atoms with E-state index >= 15 is 0 Å². The van der Waals surface area contributed by atoms with E-state index in [0.717, 1.165) is 23.7 Å². The van der Waals surface area contributed by atoms with E-state index < -0.39 is 0 Å². The molecule has 4 heteroatoms. The van der Waals surface area contributed by atoms with Crippen LogP contribution in [0.25, 0.3) is 0 Å². The van der Waals surface area contributed by atoms with Crippen LogP contribution in [0.4, 0.5) is 11.8 Å². The van der Waals surface area contributed by atoms with Crippen molar-refractivity contribution in [3.05, 3.63) is 11.8 Å². The van der Waals surface area contributed by atoms with Gasteiger partial charge >= 0.3 is 0 Å². The zero-order valence-corrected chi connectivity index (χ0v) is 10.6. The summed E-state index contributed by atoms with van der Waals surface area (Å²) in [7, 11) is 0. The molecule has 0 radical (unpaired) electrons. The number of anilines is 2. The molecule has 1 aromatic rings. The van der Waals surface area contributed by atoms with Crippen molar-refractivity contribution in [2.45, 2.75) is 46.6 Å². The maximum Gasteiger partial charge on any atom is 0.221 e. The molecule has 0 aliphatic rings. The second kappa shape index (κ2) is 5.68. The van der Waals surface area contributed by atoms with Crippen LogP contribution >= 0.6 is 0 Å². The highest BCUT2D eigenvalue weighted by Crippen LogP contribution is 2.15. The minimum atomic E-state index is 0.323. The highest BCUT2D eigenvalue weighted by molar-refractivity contribution is 5.45. The Balaban J connectivity index is 2.55. The first-order valence-electron chi connectivity index (χ1n) is 5.84. The van der Waals surface area contributed by atoms with Crippen LogP contribution in [0, 0.1) is 12.8 Å². The lowest BCUT2D eigenvalue weighted by Crippen LogP contribution is -2.18. The summed E-state index contributed by atoms with van der Waals surface area (Å²) in [5.74, 6) is 1.91. The molecule has 1 heterocycles. The van der Waals surface area contributed by atoms with Gasteiger partial charge in [0.05, 0.1) is 0 Å². The second-order valence-electron chi connectivity index (χ2n) is 4.78. The van der Waals surface area contributed by atoms with E-state index in [4.69, 9.17) is 5.73 Å². The molecule has 1 unspecified atom stereocenters. The van der Waals surface area contributed by atoms with E-state index in [2.05, 4.69) is 36.1 Å². The van der Waals surface area contributed by atoms with Gasteiger partial charge in [-0.3, -0.25) is 0 Å². The van der Waals surface area contributed by atoms with Crippen molar-refractivity contribution >= 4 is 11.8 Å². The van der Waals surface area contributed by atoms with E-state index in [1.807, 2.05) is 6.92 Å². The minimum Gasteiger partial charge on any atom is -0.368 e. The van der Waals surface area contributed by atoms with Crippen LogP contribution in [0.3, 0.4) is 0 Å². The van der Waals surface area contributed by atoms with Crippen molar-refractivity contribution < 1.29 is 0 Å². The number of nitrogens with zero attached hydrogens (tertiary/aromatic N) is 2. The van der Waals surface area contributed by atoms with Crippen LogP contribution in [0.5, 0.6) is 0 Å². The molecule has 3 N–H and O–H groups in total. The van der Waals surface area contributed by atoms with Crippen molar-refractivity contribution in [1.29, 1.82) is 0 Å². The van der Waals surface area contributed by atoms with Gasteiger partial charge in [0.1, 0.15) is 5.82 Å². The topological polar surface area (TPSA) is 63.8 Å². The molecule has 0 saturated carbocycles. The van der Waals surface area contributed by atoms with Gasteiger partial charge in [-0.15, -0.1) is 0 Å². The Morgan fingerprint density at radius 2 is 2.00 bits per heavy atom. The number of nitrogen functional groups attached to an aromatic ring is 1. The average molecular weight is 222 g/mol. The smallest absolute Gasteiger partial charge is 0.221 e. The lowest BCUT2D eigenvalue weighted by molar-refractivity contribution is 0.527. The Bertz CT molecular complexity index is 336. The third-order valence-corrected chi connectivity index (χ3v) is 2.55. The second-order valence-corrected chi connectivity index (χ2v) is 4.78. The van der Waals surface area contributed by atoms with Crippen LogP contribution in [-0.4, -0.2) is 16.0 Å². The fraction of sp³-hybridized carbons (Fsp3) is 0.667. The van der Waals surface area contributed by atoms with Gasteiger partial charge in [0, 0.05) is 17.8 Å². The Kier molecular flexibility index (Phi) is 4.52. The van der Waals surface area contributed by atoms with Gasteiger partial charge in [-0.25, -0.2) is 4.98 Å². The van der Waals surface area contributed by atoms with Crippen molar-refractivity contribution in [3.8, 4) is 0 Å². The van der Waals surface area contributed by atoms with Crippen molar-refractivity contribution in [2.75, 3.05) is 11.1 Å². The molecular weight excluding hydrogens is 200 g/mol. The first kappa shape index (κ1) is 12.7. The highest BCUT2D eigenvalue weighted by Gasteiger charge is 2.07. The summed E-state index contributed by atoms with van der Waals surface area (Å²) >= 11 is 0. The fourth-order valence-corrected chi connectivity index (χ4v) is 1.49. The number of hydrogen-bond donors (Lipinski definition) is 2. The summed E-state index contributed by atoms with van der Waals surface area (Å²) in [5.41, 5.74) is 6.60. The number of aryl methyl sites for hydroxylation is 1. The van der Waals surface area contributed by atoms with E-state index in [1.54, 1.807) is 6.20 Å². The molecule has 1 aromatic heterocycles. The number of aromatic nitrogens is 2. The molecule has 0 aliphatic heterocycles. The summed E-state index contributed by atoms with van der Waals surface area (Å²) in [6.07, 6.45) is 4.11. The summed E-state index contributed by atoms with van der Waals surface area (Å²) in [5, 5.41) is 3.38. The van der Waals surface area contributed by atoms with Crippen LogP contribution in [-0.2, 0) is 0 Å². The fourth-order valence-electron chi connectivity index (χ4n) is 1.49. The Morgan fingerprint density at radius 1 is 1.31 bits per heavy atom. The molecule has 16 heavy (non-hydrogen) atoms. The quantitative estimate of drug-likeness (QED) is 0.803. The summed E-state index contributed by atoms with van der Waals surface area (Å²) in [4.78, 5) is 8.14. The van der Waals surface area contributed by atoms with Gasteiger partial charge in [-0.2, -0.15) is 4.98 Å². The maximum absolute atomic E-state index is 5.56. The van der Waals surface area contributed by atoms with Crippen LogP contribution in [0.2, 0.25) is 0 Å². The van der Waals surface area contributed by atoms with E-state index in [-0.39, 0.29) is 0 Å². The van der Waals surface area contributed by atoms with Crippen molar-refractivity contribution in [3.63, 3.8) is 0 Å². The van der Waals surface area contributed by atoms with E-state index in [9.17, 15) is 0 Å². The zero-order valence-electron chi connectivity index (χ0n) is 10.6. The molecule has 1 rings (SSSR count). The Labute approximate surface area is 97.7 Å². The number of hydrogen-bond acceptors (Lipinski definition) is 4. The number of nitrogens with two attached hydrogens (primary N) is 1. The number of nitrogens with one attached hydrogen (secondary N) is 1. The molecule has 0 fully saturated rings. The van der Waals surface area contributed by atoms with Gasteiger partial charge in [0.25, 0.3) is 0 Å². The normalized spacial score (nSPS) is 12.8. The molecule has 0 bridgehead atoms. The summed E-state index contributed by atoms with van der Waals surface area (Å²) in [6.45, 7) is 8.62. The first-order chi connectivity index (χ1) is 7.49. The minimum absolute atomic E-state index is 0.323. The van der Waals surface area contributed by atoms with Gasteiger partial charge in [0.15, 0.2) is 0 Å².